The molecule has 24 heavy (non-hydrogen) atoms. The van der Waals surface area contributed by atoms with Gasteiger partial charge in [0.05, 0.1) is 13.0 Å². The Morgan fingerprint density at radius 3 is 2.75 bits per heavy atom. The fraction of sp³-hybridized carbons (Fsp3) is 0.250. The van der Waals surface area contributed by atoms with Crippen LogP contribution in [0.1, 0.15) is 11.1 Å². The minimum Gasteiger partial charge on any atom is -0.383 e. The Morgan fingerprint density at radius 1 is 1.12 bits per heavy atom. The number of carbonyl (C=O) groups is 1. The minimum absolute atomic E-state index is 0.134. The average molecular weight is 339 g/mol. The van der Waals surface area contributed by atoms with Gasteiger partial charge in [0.25, 0.3) is 0 Å². The molecule has 0 radical (unpaired) electrons. The number of carbonyl (C=O) groups excluding carboxylic acids is 1. The molecule has 0 saturated carbocycles. The molecule has 0 bridgehead atoms. The minimum atomic E-state index is 0.134. The number of nitrogens with zero attached hydrogens (tertiary/aromatic N) is 1. The van der Waals surface area contributed by atoms with Crippen LogP contribution in [0.5, 0.6) is 0 Å². The van der Waals surface area contributed by atoms with E-state index in [2.05, 4.69) is 29.6 Å². The Hall–Kier alpha value is -2.17. The van der Waals surface area contributed by atoms with Crippen molar-refractivity contribution in [3.8, 4) is 0 Å². The van der Waals surface area contributed by atoms with Crippen LogP contribution in [0.4, 0.5) is 0 Å². The SMILES string of the molecule is COCCN(Cc1ccsc1)C(=O)Cc1cccc2ccccc12. The molecule has 3 rings (SSSR count). The van der Waals surface area contributed by atoms with Crippen molar-refractivity contribution in [3.63, 3.8) is 0 Å². The molecule has 1 aromatic heterocycles. The van der Waals surface area contributed by atoms with Gasteiger partial charge in [0.15, 0.2) is 0 Å². The first-order chi connectivity index (χ1) is 11.8. The third kappa shape index (κ3) is 4.02. The molecule has 0 saturated heterocycles. The Balaban J connectivity index is 1.78. The van der Waals surface area contributed by atoms with Crippen LogP contribution in [-0.4, -0.2) is 31.1 Å². The molecule has 0 N–H and O–H groups in total. The van der Waals surface area contributed by atoms with E-state index < -0.39 is 0 Å². The topological polar surface area (TPSA) is 29.5 Å². The lowest BCUT2D eigenvalue weighted by molar-refractivity contribution is -0.131. The largest absolute Gasteiger partial charge is 0.383 e. The number of hydrogen-bond acceptors (Lipinski definition) is 3. The highest BCUT2D eigenvalue weighted by atomic mass is 32.1. The van der Waals surface area contributed by atoms with E-state index >= 15 is 0 Å². The second-order valence-electron chi connectivity index (χ2n) is 5.75. The van der Waals surface area contributed by atoms with Gasteiger partial charge in [0.1, 0.15) is 0 Å². The third-order valence-corrected chi connectivity index (χ3v) is 4.83. The van der Waals surface area contributed by atoms with Crippen LogP contribution in [0.25, 0.3) is 10.8 Å². The van der Waals surface area contributed by atoms with Crippen LogP contribution in [0, 0.1) is 0 Å². The zero-order valence-corrected chi connectivity index (χ0v) is 14.6. The first-order valence-corrected chi connectivity index (χ1v) is 8.96. The Morgan fingerprint density at radius 2 is 1.96 bits per heavy atom. The van der Waals surface area contributed by atoms with E-state index in [1.165, 1.54) is 10.9 Å². The summed E-state index contributed by atoms with van der Waals surface area (Å²) in [7, 11) is 1.66. The van der Waals surface area contributed by atoms with E-state index in [9.17, 15) is 4.79 Å². The normalized spacial score (nSPS) is 10.9. The second-order valence-corrected chi connectivity index (χ2v) is 6.53. The Bertz CT molecular complexity index is 793. The van der Waals surface area contributed by atoms with Gasteiger partial charge in [-0.1, -0.05) is 42.5 Å². The summed E-state index contributed by atoms with van der Waals surface area (Å²) in [6.07, 6.45) is 0.412. The number of rotatable bonds is 7. The van der Waals surface area contributed by atoms with E-state index in [-0.39, 0.29) is 5.91 Å². The van der Waals surface area contributed by atoms with Gasteiger partial charge in [-0.2, -0.15) is 11.3 Å². The lowest BCUT2D eigenvalue weighted by atomic mass is 10.0. The van der Waals surface area contributed by atoms with Gasteiger partial charge in [-0.05, 0) is 38.7 Å². The summed E-state index contributed by atoms with van der Waals surface area (Å²) in [6, 6.07) is 16.4. The standard InChI is InChI=1S/C20H21NO2S/c1-23-11-10-21(14-16-9-12-24-15-16)20(22)13-18-7-4-6-17-5-2-3-8-19(17)18/h2-9,12,15H,10-11,13-14H2,1H3. The molecule has 0 unspecified atom stereocenters. The fourth-order valence-corrected chi connectivity index (χ4v) is 3.48. The highest BCUT2D eigenvalue weighted by Gasteiger charge is 2.16. The molecular weight excluding hydrogens is 318 g/mol. The first kappa shape index (κ1) is 16.7. The maximum atomic E-state index is 12.9. The lowest BCUT2D eigenvalue weighted by Gasteiger charge is -2.22. The van der Waals surface area contributed by atoms with Gasteiger partial charge in [0.2, 0.25) is 5.91 Å². The van der Waals surface area contributed by atoms with Crippen molar-refractivity contribution in [2.24, 2.45) is 0 Å². The highest BCUT2D eigenvalue weighted by molar-refractivity contribution is 7.07. The number of thiophene rings is 1. The molecule has 2 aromatic carbocycles. The quantitative estimate of drug-likeness (QED) is 0.648. The smallest absolute Gasteiger partial charge is 0.227 e. The molecule has 124 valence electrons. The molecule has 0 aliphatic rings. The van der Waals surface area contributed by atoms with Crippen molar-refractivity contribution in [2.75, 3.05) is 20.3 Å². The number of benzene rings is 2. The molecule has 0 aliphatic carbocycles. The summed E-state index contributed by atoms with van der Waals surface area (Å²) < 4.78 is 5.17. The van der Waals surface area contributed by atoms with Gasteiger partial charge < -0.3 is 9.64 Å². The Kier molecular flexibility index (Phi) is 5.62. The zero-order valence-electron chi connectivity index (χ0n) is 13.8. The molecule has 0 spiro atoms. The van der Waals surface area contributed by atoms with E-state index in [0.717, 1.165) is 10.9 Å². The maximum absolute atomic E-state index is 12.9. The Labute approximate surface area is 146 Å². The van der Waals surface area contributed by atoms with Gasteiger partial charge in [-0.15, -0.1) is 0 Å². The van der Waals surface area contributed by atoms with Gasteiger partial charge in [-0.25, -0.2) is 0 Å². The summed E-state index contributed by atoms with van der Waals surface area (Å²) in [4.78, 5) is 14.7. The number of amides is 1. The second kappa shape index (κ2) is 8.08. The molecule has 0 fully saturated rings. The number of methoxy groups -OCH3 is 1. The van der Waals surface area contributed by atoms with Crippen molar-refractivity contribution >= 4 is 28.0 Å². The van der Waals surface area contributed by atoms with Crippen molar-refractivity contribution in [1.82, 2.24) is 4.90 Å². The van der Waals surface area contributed by atoms with Crippen LogP contribution in [0.15, 0.2) is 59.3 Å². The summed E-state index contributed by atoms with van der Waals surface area (Å²) in [5.74, 6) is 0.134. The summed E-state index contributed by atoms with van der Waals surface area (Å²) in [5, 5.41) is 6.45. The van der Waals surface area contributed by atoms with Crippen molar-refractivity contribution in [3.05, 3.63) is 70.4 Å². The van der Waals surface area contributed by atoms with Gasteiger partial charge in [-0.3, -0.25) is 4.79 Å². The maximum Gasteiger partial charge on any atom is 0.227 e. The summed E-state index contributed by atoms with van der Waals surface area (Å²) in [6.45, 7) is 1.79. The predicted molar refractivity (Wildman–Crippen MR) is 99.3 cm³/mol. The molecule has 1 amide bonds. The average Bonchev–Trinajstić information content (AvgIpc) is 3.12. The zero-order chi connectivity index (χ0) is 16.8. The fourth-order valence-electron chi connectivity index (χ4n) is 2.82. The number of hydrogen-bond donors (Lipinski definition) is 0. The summed E-state index contributed by atoms with van der Waals surface area (Å²) >= 11 is 1.65. The van der Waals surface area contributed by atoms with E-state index in [1.54, 1.807) is 18.4 Å². The highest BCUT2D eigenvalue weighted by Crippen LogP contribution is 2.20. The molecular formula is C20H21NO2S. The molecule has 0 atom stereocenters. The van der Waals surface area contributed by atoms with Crippen LogP contribution < -0.4 is 0 Å². The van der Waals surface area contributed by atoms with Crippen LogP contribution >= 0.6 is 11.3 Å². The summed E-state index contributed by atoms with van der Waals surface area (Å²) in [5.41, 5.74) is 2.24. The van der Waals surface area contributed by atoms with E-state index in [0.29, 0.717) is 26.1 Å². The van der Waals surface area contributed by atoms with Gasteiger partial charge in [0, 0.05) is 20.2 Å². The van der Waals surface area contributed by atoms with Crippen molar-refractivity contribution in [1.29, 1.82) is 0 Å². The van der Waals surface area contributed by atoms with E-state index in [4.69, 9.17) is 4.74 Å². The number of fused-ring (bicyclic) bond motifs is 1. The first-order valence-electron chi connectivity index (χ1n) is 8.02. The lowest BCUT2D eigenvalue weighted by Crippen LogP contribution is -2.34. The van der Waals surface area contributed by atoms with Crippen LogP contribution in [0.3, 0.4) is 0 Å². The molecule has 3 nitrogen and oxygen atoms in total. The van der Waals surface area contributed by atoms with Crippen molar-refractivity contribution in [2.45, 2.75) is 13.0 Å². The van der Waals surface area contributed by atoms with Crippen LogP contribution in [0.2, 0.25) is 0 Å². The monoisotopic (exact) mass is 339 g/mol. The third-order valence-electron chi connectivity index (χ3n) is 4.09. The van der Waals surface area contributed by atoms with E-state index in [1.807, 2.05) is 34.5 Å². The molecule has 1 heterocycles. The molecule has 4 heteroatoms. The molecule has 3 aromatic rings. The van der Waals surface area contributed by atoms with Crippen LogP contribution in [-0.2, 0) is 22.5 Å². The predicted octanol–water partition coefficient (Wildman–Crippen LogP) is 4.12. The van der Waals surface area contributed by atoms with Crippen molar-refractivity contribution < 1.29 is 9.53 Å². The van der Waals surface area contributed by atoms with Gasteiger partial charge >= 0.3 is 0 Å². The number of ether oxygens (including phenoxy) is 1. The molecule has 0 aliphatic heterocycles.